The van der Waals surface area contributed by atoms with Crippen LogP contribution in [-0.2, 0) is 9.53 Å². The molecule has 0 aliphatic carbocycles. The van der Waals surface area contributed by atoms with Gasteiger partial charge in [0.2, 0.25) is 0 Å². The van der Waals surface area contributed by atoms with E-state index in [-0.39, 0.29) is 5.97 Å². The fraction of sp³-hybridized carbons (Fsp3) is 0.300. The molecule has 12 heavy (non-hydrogen) atoms. The third kappa shape index (κ3) is 180. The maximum atomic E-state index is 9.82. The Bertz CT molecular complexity index is 75.2. The molecule has 0 unspecified atom stereocenters. The zero-order valence-electron chi connectivity index (χ0n) is 8.27. The van der Waals surface area contributed by atoms with Gasteiger partial charge in [0.1, 0.15) is 0 Å². The molecule has 0 aromatic heterocycles. The lowest BCUT2D eigenvalue weighted by molar-refractivity contribution is -0.140. The first-order valence-corrected chi connectivity index (χ1v) is 3.40. The van der Waals surface area contributed by atoms with Gasteiger partial charge in [-0.3, -0.25) is 4.79 Å². The van der Waals surface area contributed by atoms with E-state index in [0.29, 0.717) is 6.61 Å². The van der Waals surface area contributed by atoms with Crippen molar-refractivity contribution in [1.82, 2.24) is 0 Å². The molecule has 0 heterocycles. The van der Waals surface area contributed by atoms with Crippen LogP contribution in [0.4, 0.5) is 0 Å². The van der Waals surface area contributed by atoms with Gasteiger partial charge >= 0.3 is 5.97 Å². The third-order valence-electron chi connectivity index (χ3n) is 0.348. The molecule has 2 heteroatoms. The molecule has 0 aliphatic rings. The average Bonchev–Trinajstić information content (AvgIpc) is 2.14. The van der Waals surface area contributed by atoms with Crippen LogP contribution in [0.5, 0.6) is 0 Å². The minimum Gasteiger partial charge on any atom is -0.466 e. The Morgan fingerprint density at radius 3 is 1.33 bits per heavy atom. The summed E-state index contributed by atoms with van der Waals surface area (Å²) in [6, 6.07) is 0. The molecule has 0 atom stereocenters. The molecule has 0 N–H and O–H groups in total. The maximum absolute atomic E-state index is 9.82. The molecule has 72 valence electrons. The summed E-state index contributed by atoms with van der Waals surface area (Å²) in [4.78, 5) is 9.82. The molecule has 0 radical (unpaired) electrons. The number of carbonyl (C=O) groups excluding carboxylic acids is 1. The lowest BCUT2D eigenvalue weighted by atomic mass is 10.8. The Labute approximate surface area is 76.2 Å². The highest BCUT2D eigenvalue weighted by atomic mass is 16.5. The lowest BCUT2D eigenvalue weighted by Crippen LogP contribution is -1.95. The molecule has 0 amide bonds. The third-order valence-corrected chi connectivity index (χ3v) is 0.348. The summed E-state index contributed by atoms with van der Waals surface area (Å²) in [5.41, 5.74) is 0. The summed E-state index contributed by atoms with van der Waals surface area (Å²) >= 11 is 0. The molecule has 0 aromatic carbocycles. The summed E-state index contributed by atoms with van der Waals surface area (Å²) < 4.78 is 4.40. The maximum Gasteiger partial charge on any atom is 0.302 e. The van der Waals surface area contributed by atoms with Crippen molar-refractivity contribution >= 4 is 5.97 Å². The van der Waals surface area contributed by atoms with E-state index in [1.165, 1.54) is 6.92 Å². The van der Waals surface area contributed by atoms with Crippen molar-refractivity contribution in [3.8, 4) is 0 Å². The van der Waals surface area contributed by atoms with Gasteiger partial charge in [0.25, 0.3) is 0 Å². The Morgan fingerprint density at radius 2 is 1.33 bits per heavy atom. The van der Waals surface area contributed by atoms with Gasteiger partial charge in [0.15, 0.2) is 0 Å². The van der Waals surface area contributed by atoms with Gasteiger partial charge in [0.05, 0.1) is 6.61 Å². The molecular formula is C10H20O2. The number of esters is 1. The Hall–Kier alpha value is -1.31. The van der Waals surface area contributed by atoms with E-state index < -0.39 is 0 Å². The largest absolute Gasteiger partial charge is 0.466 e. The highest BCUT2D eigenvalue weighted by Crippen LogP contribution is 1.69. The summed E-state index contributed by atoms with van der Waals surface area (Å²) in [5.74, 6) is -0.211. The van der Waals surface area contributed by atoms with E-state index in [1.54, 1.807) is 6.92 Å². The van der Waals surface area contributed by atoms with Crippen LogP contribution < -0.4 is 0 Å². The molecule has 0 aliphatic heterocycles. The number of rotatable bonds is 1. The summed E-state index contributed by atoms with van der Waals surface area (Å²) in [7, 11) is 0. The van der Waals surface area contributed by atoms with E-state index in [2.05, 4.69) is 44.2 Å². The lowest BCUT2D eigenvalue weighted by Gasteiger charge is -1.89. The second kappa shape index (κ2) is 53.7. The van der Waals surface area contributed by atoms with Crippen molar-refractivity contribution in [2.75, 3.05) is 6.61 Å². The molecule has 0 saturated heterocycles. The normalized spacial score (nSPS) is 4.83. The van der Waals surface area contributed by atoms with Crippen LogP contribution in [0.25, 0.3) is 0 Å². The van der Waals surface area contributed by atoms with Crippen LogP contribution >= 0.6 is 0 Å². The quantitative estimate of drug-likeness (QED) is 0.449. The smallest absolute Gasteiger partial charge is 0.302 e. The monoisotopic (exact) mass is 172 g/mol. The topological polar surface area (TPSA) is 26.3 Å². The van der Waals surface area contributed by atoms with Gasteiger partial charge in [-0.2, -0.15) is 0 Å². The number of hydrogen-bond donors (Lipinski definition) is 0. The molecular weight excluding hydrogens is 152 g/mol. The van der Waals surface area contributed by atoms with Crippen LogP contribution in [0.1, 0.15) is 13.8 Å². The second-order valence-corrected chi connectivity index (χ2v) is 0.925. The summed E-state index contributed by atoms with van der Waals surface area (Å²) in [6.45, 7) is 21.7. The molecule has 2 nitrogen and oxygen atoms in total. The van der Waals surface area contributed by atoms with Crippen molar-refractivity contribution in [3.63, 3.8) is 0 Å². The van der Waals surface area contributed by atoms with Crippen LogP contribution in [0.3, 0.4) is 0 Å². The average molecular weight is 172 g/mol. The molecule has 0 saturated carbocycles. The molecule has 0 spiro atoms. The van der Waals surface area contributed by atoms with E-state index in [9.17, 15) is 4.79 Å². The first-order valence-electron chi connectivity index (χ1n) is 3.40. The number of hydrogen-bond acceptors (Lipinski definition) is 2. The van der Waals surface area contributed by atoms with Gasteiger partial charge in [0, 0.05) is 6.92 Å². The minimum absolute atomic E-state index is 0.211. The van der Waals surface area contributed by atoms with E-state index in [1.807, 2.05) is 0 Å². The number of ether oxygens (including phenoxy) is 1. The fourth-order valence-electron chi connectivity index (χ4n) is 0.203. The Morgan fingerprint density at radius 1 is 1.08 bits per heavy atom. The molecule has 0 rings (SSSR count). The van der Waals surface area contributed by atoms with Crippen LogP contribution in [0.15, 0.2) is 39.5 Å². The standard InChI is InChI=1S/C4H8O2.3C2H4/c1-3-6-4(2)5;3*1-2/h3H2,1-2H3;3*1-2H2. The predicted molar refractivity (Wildman–Crippen MR) is 56.1 cm³/mol. The predicted octanol–water partition coefficient (Wildman–Crippen LogP) is 2.98. The molecule has 0 fully saturated rings. The van der Waals surface area contributed by atoms with Crippen LogP contribution in [0, 0.1) is 0 Å². The highest BCUT2D eigenvalue weighted by molar-refractivity contribution is 5.65. The van der Waals surface area contributed by atoms with E-state index in [0.717, 1.165) is 0 Å². The molecule has 0 bridgehead atoms. The second-order valence-electron chi connectivity index (χ2n) is 0.925. The van der Waals surface area contributed by atoms with Crippen molar-refractivity contribution < 1.29 is 9.53 Å². The first-order chi connectivity index (χ1) is 5.77. The zero-order chi connectivity index (χ0) is 11.0. The van der Waals surface area contributed by atoms with Gasteiger partial charge in [-0.1, -0.05) is 0 Å². The Kier molecular flexibility index (Phi) is 100. The van der Waals surface area contributed by atoms with Gasteiger partial charge in [-0.05, 0) is 6.92 Å². The highest BCUT2D eigenvalue weighted by Gasteiger charge is 1.81. The van der Waals surface area contributed by atoms with Crippen molar-refractivity contribution in [2.45, 2.75) is 13.8 Å². The van der Waals surface area contributed by atoms with Gasteiger partial charge in [-0.15, -0.1) is 39.5 Å². The van der Waals surface area contributed by atoms with Crippen LogP contribution in [0.2, 0.25) is 0 Å². The Balaban J connectivity index is -0.0000000453. The van der Waals surface area contributed by atoms with Gasteiger partial charge < -0.3 is 4.74 Å². The SMILES string of the molecule is C=C.C=C.C=C.CCOC(C)=O. The summed E-state index contributed by atoms with van der Waals surface area (Å²) in [5, 5.41) is 0. The van der Waals surface area contributed by atoms with Crippen molar-refractivity contribution in [1.29, 1.82) is 0 Å². The van der Waals surface area contributed by atoms with Gasteiger partial charge in [-0.25, -0.2) is 0 Å². The zero-order valence-corrected chi connectivity index (χ0v) is 8.27. The van der Waals surface area contributed by atoms with Crippen molar-refractivity contribution in [2.24, 2.45) is 0 Å². The first kappa shape index (κ1) is 22.4. The molecule has 0 aromatic rings. The van der Waals surface area contributed by atoms with E-state index >= 15 is 0 Å². The minimum atomic E-state index is -0.211. The fourth-order valence-corrected chi connectivity index (χ4v) is 0.203. The van der Waals surface area contributed by atoms with Crippen molar-refractivity contribution in [3.05, 3.63) is 39.5 Å². The summed E-state index contributed by atoms with van der Waals surface area (Å²) in [6.07, 6.45) is 0. The van der Waals surface area contributed by atoms with E-state index in [4.69, 9.17) is 0 Å². The number of carbonyl (C=O) groups is 1. The van der Waals surface area contributed by atoms with Crippen LogP contribution in [-0.4, -0.2) is 12.6 Å².